The molecule has 0 saturated carbocycles. The molecule has 0 fully saturated rings. The lowest BCUT2D eigenvalue weighted by Gasteiger charge is -2.09. The van der Waals surface area contributed by atoms with Gasteiger partial charge in [0.1, 0.15) is 5.82 Å². The van der Waals surface area contributed by atoms with E-state index in [9.17, 15) is 14.9 Å². The topological polar surface area (TPSA) is 121 Å². The van der Waals surface area contributed by atoms with E-state index >= 15 is 0 Å². The first-order chi connectivity index (χ1) is 13.8. The molecule has 0 bridgehead atoms. The van der Waals surface area contributed by atoms with Crippen LogP contribution in [0.5, 0.6) is 0 Å². The van der Waals surface area contributed by atoms with Crippen molar-refractivity contribution in [1.29, 1.82) is 0 Å². The predicted octanol–water partition coefficient (Wildman–Crippen LogP) is 2.93. The van der Waals surface area contributed by atoms with Gasteiger partial charge in [-0.3, -0.25) is 19.6 Å². The van der Waals surface area contributed by atoms with E-state index in [0.29, 0.717) is 28.4 Å². The number of anilines is 1. The molecule has 0 unspecified atom stereocenters. The van der Waals surface area contributed by atoms with E-state index in [4.69, 9.17) is 0 Å². The highest BCUT2D eigenvalue weighted by molar-refractivity contribution is 6.05. The number of nitrogens with zero attached hydrogens (tertiary/aromatic N) is 6. The summed E-state index contributed by atoms with van der Waals surface area (Å²) in [5.74, 6) is 0.107. The molecule has 1 N–H and O–H groups in total. The number of pyridine rings is 1. The van der Waals surface area contributed by atoms with Gasteiger partial charge >= 0.3 is 0 Å². The van der Waals surface area contributed by atoms with Crippen LogP contribution in [0.3, 0.4) is 0 Å². The van der Waals surface area contributed by atoms with Crippen molar-refractivity contribution >= 4 is 28.4 Å². The number of benzene rings is 1. The van der Waals surface area contributed by atoms with Crippen LogP contribution in [0, 0.1) is 24.0 Å². The molecule has 0 radical (unpaired) electrons. The van der Waals surface area contributed by atoms with E-state index in [1.165, 1.54) is 23.0 Å². The summed E-state index contributed by atoms with van der Waals surface area (Å²) in [7, 11) is 1.80. The minimum absolute atomic E-state index is 0.0190. The molecular formula is C19H17N7O3. The van der Waals surface area contributed by atoms with E-state index in [-0.39, 0.29) is 11.6 Å². The highest BCUT2D eigenvalue weighted by atomic mass is 16.6. The Balaban J connectivity index is 1.65. The normalized spacial score (nSPS) is 11.0. The molecule has 29 heavy (non-hydrogen) atoms. The maximum absolute atomic E-state index is 12.8. The van der Waals surface area contributed by atoms with Crippen LogP contribution in [0.25, 0.3) is 16.7 Å². The van der Waals surface area contributed by atoms with Gasteiger partial charge in [0.15, 0.2) is 5.65 Å². The Kier molecular flexibility index (Phi) is 4.30. The Bertz CT molecular complexity index is 1260. The first-order valence-corrected chi connectivity index (χ1v) is 8.75. The molecule has 0 atom stereocenters. The molecule has 3 aromatic heterocycles. The summed E-state index contributed by atoms with van der Waals surface area (Å²) in [6.45, 7) is 3.66. The predicted molar refractivity (Wildman–Crippen MR) is 106 cm³/mol. The van der Waals surface area contributed by atoms with Crippen LogP contribution in [0.15, 0.2) is 42.6 Å². The zero-order valence-electron chi connectivity index (χ0n) is 15.9. The van der Waals surface area contributed by atoms with Crippen LogP contribution in [-0.2, 0) is 7.05 Å². The molecule has 0 aliphatic heterocycles. The average molecular weight is 391 g/mol. The lowest BCUT2D eigenvalue weighted by Crippen LogP contribution is -2.15. The first-order valence-electron chi connectivity index (χ1n) is 8.75. The van der Waals surface area contributed by atoms with Crippen molar-refractivity contribution in [1.82, 2.24) is 24.5 Å². The molecule has 0 spiro atoms. The van der Waals surface area contributed by atoms with Crippen molar-refractivity contribution in [3.8, 4) is 5.69 Å². The fraction of sp³-hybridized carbons (Fsp3) is 0.158. The number of carbonyl (C=O) groups excluding carboxylic acids is 1. The number of hydrogen-bond acceptors (Lipinski definition) is 6. The smallest absolute Gasteiger partial charge is 0.269 e. The minimum Gasteiger partial charge on any atom is -0.306 e. The van der Waals surface area contributed by atoms with Gasteiger partial charge in [-0.25, -0.2) is 9.67 Å². The summed E-state index contributed by atoms with van der Waals surface area (Å²) >= 11 is 0. The summed E-state index contributed by atoms with van der Waals surface area (Å²) in [6.07, 6.45) is 1.50. The molecule has 10 heteroatoms. The Morgan fingerprint density at radius 2 is 1.86 bits per heavy atom. The number of aryl methyl sites for hydroxylation is 3. The minimum atomic E-state index is -0.468. The summed E-state index contributed by atoms with van der Waals surface area (Å²) in [5, 5.41) is 23.2. The van der Waals surface area contributed by atoms with E-state index in [0.717, 1.165) is 11.1 Å². The van der Waals surface area contributed by atoms with Crippen molar-refractivity contribution in [3.63, 3.8) is 0 Å². The van der Waals surface area contributed by atoms with Gasteiger partial charge in [-0.2, -0.15) is 10.2 Å². The fourth-order valence-corrected chi connectivity index (χ4v) is 3.12. The number of fused-ring (bicyclic) bond motifs is 1. The maximum atomic E-state index is 12.8. The zero-order valence-corrected chi connectivity index (χ0v) is 15.9. The molecule has 3 heterocycles. The number of amides is 1. The Morgan fingerprint density at radius 3 is 2.55 bits per heavy atom. The second-order valence-corrected chi connectivity index (χ2v) is 6.61. The summed E-state index contributed by atoms with van der Waals surface area (Å²) in [4.78, 5) is 27.5. The fourth-order valence-electron chi connectivity index (χ4n) is 3.12. The van der Waals surface area contributed by atoms with Gasteiger partial charge in [0.05, 0.1) is 27.6 Å². The van der Waals surface area contributed by atoms with Crippen molar-refractivity contribution in [2.45, 2.75) is 13.8 Å². The van der Waals surface area contributed by atoms with Crippen LogP contribution in [0.4, 0.5) is 11.5 Å². The van der Waals surface area contributed by atoms with Crippen molar-refractivity contribution in [2.75, 3.05) is 5.32 Å². The molecule has 146 valence electrons. The van der Waals surface area contributed by atoms with Gasteiger partial charge in [0.2, 0.25) is 0 Å². The van der Waals surface area contributed by atoms with Crippen molar-refractivity contribution in [2.24, 2.45) is 7.05 Å². The second-order valence-electron chi connectivity index (χ2n) is 6.61. The van der Waals surface area contributed by atoms with Crippen molar-refractivity contribution in [3.05, 3.63) is 69.7 Å². The van der Waals surface area contributed by atoms with E-state index in [1.54, 1.807) is 42.9 Å². The molecule has 10 nitrogen and oxygen atoms in total. The Morgan fingerprint density at radius 1 is 1.14 bits per heavy atom. The maximum Gasteiger partial charge on any atom is 0.269 e. The molecule has 0 aliphatic carbocycles. The molecule has 0 aliphatic rings. The monoisotopic (exact) mass is 391 g/mol. The first kappa shape index (κ1) is 18.3. The second kappa shape index (κ2) is 6.82. The van der Waals surface area contributed by atoms with E-state index in [1.807, 2.05) is 6.92 Å². The molecule has 0 saturated heterocycles. The number of nitro benzene ring substituents is 1. The summed E-state index contributed by atoms with van der Waals surface area (Å²) in [6, 6.07) is 9.40. The number of hydrogen-bond donors (Lipinski definition) is 1. The van der Waals surface area contributed by atoms with Crippen molar-refractivity contribution < 1.29 is 9.72 Å². The van der Waals surface area contributed by atoms with Crippen LogP contribution < -0.4 is 5.32 Å². The van der Waals surface area contributed by atoms with Gasteiger partial charge in [-0.1, -0.05) is 0 Å². The lowest BCUT2D eigenvalue weighted by atomic mass is 10.2. The highest BCUT2D eigenvalue weighted by Crippen LogP contribution is 2.22. The Hall–Kier alpha value is -4.08. The largest absolute Gasteiger partial charge is 0.306 e. The third-order valence-corrected chi connectivity index (χ3v) is 4.50. The molecule has 4 rings (SSSR count). The van der Waals surface area contributed by atoms with E-state index in [2.05, 4.69) is 20.5 Å². The van der Waals surface area contributed by atoms with Crippen LogP contribution in [0.1, 0.15) is 21.7 Å². The van der Waals surface area contributed by atoms with E-state index < -0.39 is 4.92 Å². The summed E-state index contributed by atoms with van der Waals surface area (Å²) in [5.41, 5.74) is 3.14. The average Bonchev–Trinajstić information content (AvgIpc) is 3.20. The third-order valence-electron chi connectivity index (χ3n) is 4.50. The van der Waals surface area contributed by atoms with Crippen LogP contribution >= 0.6 is 0 Å². The van der Waals surface area contributed by atoms with Gasteiger partial charge in [-0.15, -0.1) is 0 Å². The number of nitro groups is 1. The van der Waals surface area contributed by atoms with Gasteiger partial charge in [0, 0.05) is 36.8 Å². The summed E-state index contributed by atoms with van der Waals surface area (Å²) < 4.78 is 3.19. The molecule has 1 aromatic carbocycles. The molecular weight excluding hydrogens is 374 g/mol. The number of non-ortho nitro benzene ring substituents is 1. The van der Waals surface area contributed by atoms with Crippen LogP contribution in [-0.4, -0.2) is 35.4 Å². The van der Waals surface area contributed by atoms with Crippen LogP contribution in [0.2, 0.25) is 0 Å². The van der Waals surface area contributed by atoms with Gasteiger partial charge < -0.3 is 5.32 Å². The number of rotatable bonds is 4. The third kappa shape index (κ3) is 3.31. The number of nitrogens with one attached hydrogen (secondary N) is 1. The number of aromatic nitrogens is 5. The molecule has 1 amide bonds. The number of carbonyl (C=O) groups is 1. The quantitative estimate of drug-likeness (QED) is 0.422. The highest BCUT2D eigenvalue weighted by Gasteiger charge is 2.16. The van der Waals surface area contributed by atoms with Gasteiger partial charge in [0.25, 0.3) is 11.6 Å². The molecule has 4 aromatic rings. The SMILES string of the molecule is Cc1cc(NC(=O)c2cnc3c(c2)c(C)nn3C)n(-c2ccc([N+](=O)[O-])cc2)n1. The zero-order chi connectivity index (χ0) is 20.7. The van der Waals surface area contributed by atoms with Gasteiger partial charge in [-0.05, 0) is 32.0 Å². The lowest BCUT2D eigenvalue weighted by molar-refractivity contribution is -0.384. The Labute approximate surface area is 164 Å². The standard InChI is InChI=1S/C19H17N7O3/c1-11-8-17(25(22-11)14-4-6-15(7-5-14)26(28)29)21-19(27)13-9-16-12(2)23-24(3)18(16)20-10-13/h4-10H,1-3H3,(H,21,27).